The van der Waals surface area contributed by atoms with Gasteiger partial charge in [-0.2, -0.15) is 0 Å². The van der Waals surface area contributed by atoms with Gasteiger partial charge in [0.25, 0.3) is 0 Å². The van der Waals surface area contributed by atoms with Gasteiger partial charge < -0.3 is 33.2 Å². The Balaban J connectivity index is 1.53. The van der Waals surface area contributed by atoms with Gasteiger partial charge in [-0.15, -0.1) is 0 Å². The lowest BCUT2D eigenvalue weighted by atomic mass is 9.82. The second-order valence-electron chi connectivity index (χ2n) is 11.6. The first kappa shape index (κ1) is 30.8. The van der Waals surface area contributed by atoms with Crippen molar-refractivity contribution in [2.75, 3.05) is 26.4 Å². The molecule has 3 aliphatic heterocycles. The van der Waals surface area contributed by atoms with Gasteiger partial charge in [-0.05, 0) is 58.3 Å². The number of carbonyl (C=O) groups is 2. The summed E-state index contributed by atoms with van der Waals surface area (Å²) in [5.41, 5.74) is 0. The van der Waals surface area contributed by atoms with Gasteiger partial charge >= 0.3 is 0 Å². The van der Waals surface area contributed by atoms with E-state index >= 15 is 0 Å². The number of ketones is 2. The lowest BCUT2D eigenvalue weighted by molar-refractivity contribution is -0.236. The highest BCUT2D eigenvalue weighted by Gasteiger charge is 2.50. The van der Waals surface area contributed by atoms with Crippen LogP contribution < -0.4 is 0 Å². The summed E-state index contributed by atoms with van der Waals surface area (Å²) < 4.78 is 36.7. The van der Waals surface area contributed by atoms with Crippen molar-refractivity contribution < 1.29 is 38.0 Å². The zero-order chi connectivity index (χ0) is 27.5. The fourth-order valence-electron chi connectivity index (χ4n) is 6.34. The van der Waals surface area contributed by atoms with E-state index in [2.05, 4.69) is 19.1 Å². The average molecular weight is 551 g/mol. The van der Waals surface area contributed by atoms with Crippen molar-refractivity contribution in [3.63, 3.8) is 0 Å². The molecule has 1 aliphatic carbocycles. The van der Waals surface area contributed by atoms with Crippen molar-refractivity contribution >= 4 is 11.6 Å². The van der Waals surface area contributed by atoms with Crippen LogP contribution in [0.25, 0.3) is 0 Å². The van der Waals surface area contributed by atoms with E-state index in [4.69, 9.17) is 28.4 Å². The van der Waals surface area contributed by atoms with Crippen LogP contribution in [0.4, 0.5) is 0 Å². The SMILES string of the molecule is CCCCCC(C=CC1CC(=O)C(C(CC(C)=O)C2OCCCO2)C1OC1CCCCO1)OC1CCCCO1. The Kier molecular flexibility index (Phi) is 12.9. The van der Waals surface area contributed by atoms with Gasteiger partial charge in [0.15, 0.2) is 18.9 Å². The number of unbranched alkanes of at least 4 members (excludes halogenated alkanes) is 2. The molecule has 0 amide bonds. The average Bonchev–Trinajstić information content (AvgIpc) is 3.26. The van der Waals surface area contributed by atoms with E-state index in [1.54, 1.807) is 6.92 Å². The van der Waals surface area contributed by atoms with Crippen LogP contribution in [0, 0.1) is 17.8 Å². The number of hydrogen-bond donors (Lipinski definition) is 0. The molecule has 8 heteroatoms. The zero-order valence-electron chi connectivity index (χ0n) is 24.1. The topological polar surface area (TPSA) is 89.5 Å². The number of hydrogen-bond acceptors (Lipinski definition) is 8. The largest absolute Gasteiger partial charge is 0.353 e. The predicted octanol–water partition coefficient (Wildman–Crippen LogP) is 5.51. The fourth-order valence-corrected chi connectivity index (χ4v) is 6.34. The van der Waals surface area contributed by atoms with Crippen LogP contribution in [0.5, 0.6) is 0 Å². The molecule has 222 valence electrons. The minimum atomic E-state index is -0.578. The molecule has 0 N–H and O–H groups in total. The van der Waals surface area contributed by atoms with E-state index in [0.717, 1.165) is 77.2 Å². The quantitative estimate of drug-likeness (QED) is 0.207. The van der Waals surface area contributed by atoms with E-state index in [0.29, 0.717) is 26.2 Å². The van der Waals surface area contributed by atoms with Crippen molar-refractivity contribution in [3.8, 4) is 0 Å². The van der Waals surface area contributed by atoms with Crippen LogP contribution in [-0.4, -0.2) is 69.1 Å². The molecule has 0 aromatic rings. The molecule has 4 aliphatic rings. The minimum absolute atomic E-state index is 0.0223. The summed E-state index contributed by atoms with van der Waals surface area (Å²) in [7, 11) is 0. The van der Waals surface area contributed by atoms with Crippen LogP contribution >= 0.6 is 0 Å². The highest BCUT2D eigenvalue weighted by atomic mass is 16.7. The molecule has 1 saturated carbocycles. The van der Waals surface area contributed by atoms with Gasteiger partial charge in [-0.3, -0.25) is 4.79 Å². The normalized spacial score (nSPS) is 32.5. The van der Waals surface area contributed by atoms with Crippen molar-refractivity contribution in [2.45, 2.75) is 128 Å². The molecule has 3 heterocycles. The summed E-state index contributed by atoms with van der Waals surface area (Å²) >= 11 is 0. The molecule has 0 aromatic carbocycles. The van der Waals surface area contributed by atoms with Gasteiger partial charge in [-0.1, -0.05) is 38.3 Å². The van der Waals surface area contributed by atoms with Crippen LogP contribution in [0.3, 0.4) is 0 Å². The molecule has 8 nitrogen and oxygen atoms in total. The Morgan fingerprint density at radius 1 is 0.949 bits per heavy atom. The van der Waals surface area contributed by atoms with Crippen LogP contribution in [0.2, 0.25) is 0 Å². The highest BCUT2D eigenvalue weighted by Crippen LogP contribution is 2.42. The molecule has 7 atom stereocenters. The summed E-state index contributed by atoms with van der Waals surface area (Å²) in [4.78, 5) is 26.0. The summed E-state index contributed by atoms with van der Waals surface area (Å²) in [6.07, 6.45) is 14.4. The first-order valence-corrected chi connectivity index (χ1v) is 15.5. The van der Waals surface area contributed by atoms with E-state index in [-0.39, 0.29) is 48.5 Å². The summed E-state index contributed by atoms with van der Waals surface area (Å²) in [5.74, 6) is -0.869. The molecule has 4 fully saturated rings. The maximum Gasteiger partial charge on any atom is 0.161 e. The maximum absolute atomic E-state index is 13.6. The third kappa shape index (κ3) is 9.44. The van der Waals surface area contributed by atoms with Crippen LogP contribution in [-0.2, 0) is 38.0 Å². The van der Waals surface area contributed by atoms with Crippen LogP contribution in [0.1, 0.15) is 97.3 Å². The lowest BCUT2D eigenvalue weighted by Gasteiger charge is -2.37. The lowest BCUT2D eigenvalue weighted by Crippen LogP contribution is -2.44. The number of ether oxygens (including phenoxy) is 6. The molecule has 4 rings (SSSR count). The molecular weight excluding hydrogens is 500 g/mol. The number of rotatable bonds is 14. The van der Waals surface area contributed by atoms with E-state index in [1.165, 1.54) is 0 Å². The van der Waals surface area contributed by atoms with Gasteiger partial charge in [-0.25, -0.2) is 0 Å². The van der Waals surface area contributed by atoms with Crippen molar-refractivity contribution in [1.82, 2.24) is 0 Å². The van der Waals surface area contributed by atoms with E-state index in [1.807, 2.05) is 0 Å². The Morgan fingerprint density at radius 3 is 2.28 bits per heavy atom. The predicted molar refractivity (Wildman–Crippen MR) is 146 cm³/mol. The second kappa shape index (κ2) is 16.3. The molecule has 0 aromatic heterocycles. The summed E-state index contributed by atoms with van der Waals surface area (Å²) in [5, 5.41) is 0. The minimum Gasteiger partial charge on any atom is -0.353 e. The Hall–Kier alpha value is -1.16. The van der Waals surface area contributed by atoms with Crippen LogP contribution in [0.15, 0.2) is 12.2 Å². The molecule has 0 radical (unpaired) electrons. The van der Waals surface area contributed by atoms with E-state index in [9.17, 15) is 9.59 Å². The molecule has 7 unspecified atom stereocenters. The van der Waals surface area contributed by atoms with Gasteiger partial charge in [0.2, 0.25) is 0 Å². The van der Waals surface area contributed by atoms with Crippen molar-refractivity contribution in [1.29, 1.82) is 0 Å². The van der Waals surface area contributed by atoms with Gasteiger partial charge in [0, 0.05) is 37.9 Å². The van der Waals surface area contributed by atoms with Crippen molar-refractivity contribution in [2.24, 2.45) is 17.8 Å². The Labute approximate surface area is 234 Å². The smallest absolute Gasteiger partial charge is 0.161 e. The number of Topliss-reactive ketones (excluding diaryl/α,β-unsaturated/α-hetero) is 2. The second-order valence-corrected chi connectivity index (χ2v) is 11.6. The Bertz CT molecular complexity index is 767. The summed E-state index contributed by atoms with van der Waals surface area (Å²) in [6.45, 7) is 6.32. The third-order valence-corrected chi connectivity index (χ3v) is 8.35. The molecular formula is C31H50O8. The fraction of sp³-hybridized carbons (Fsp3) is 0.871. The number of carbonyl (C=O) groups excluding carboxylic acids is 2. The molecule has 0 spiro atoms. The standard InChI is InChI=1S/C31H50O8/c1-3-4-5-11-24(38-27-12-6-8-16-34-27)15-14-23-21-26(33)29(30(23)39-28-13-7-9-17-35-28)25(20-22(2)32)31-36-18-10-19-37-31/h14-15,23-25,27-31H,3-13,16-21H2,1-2H3. The highest BCUT2D eigenvalue weighted by molar-refractivity contribution is 5.86. The Morgan fingerprint density at radius 2 is 1.64 bits per heavy atom. The zero-order valence-corrected chi connectivity index (χ0v) is 24.1. The first-order chi connectivity index (χ1) is 19.0. The maximum atomic E-state index is 13.6. The molecule has 3 saturated heterocycles. The molecule has 0 bridgehead atoms. The first-order valence-electron chi connectivity index (χ1n) is 15.5. The van der Waals surface area contributed by atoms with Gasteiger partial charge in [0.1, 0.15) is 11.6 Å². The monoisotopic (exact) mass is 550 g/mol. The summed E-state index contributed by atoms with van der Waals surface area (Å²) in [6, 6.07) is 0. The third-order valence-electron chi connectivity index (χ3n) is 8.35. The van der Waals surface area contributed by atoms with Crippen molar-refractivity contribution in [3.05, 3.63) is 12.2 Å². The molecule has 39 heavy (non-hydrogen) atoms. The van der Waals surface area contributed by atoms with E-state index < -0.39 is 18.3 Å². The van der Waals surface area contributed by atoms with Gasteiger partial charge in [0.05, 0.1) is 31.3 Å².